The van der Waals surface area contributed by atoms with Crippen molar-refractivity contribution in [1.82, 2.24) is 0 Å². The first kappa shape index (κ1) is 18.5. The van der Waals surface area contributed by atoms with Crippen LogP contribution in [0.3, 0.4) is 0 Å². The Labute approximate surface area is 154 Å². The number of benzene rings is 2. The van der Waals surface area contributed by atoms with Crippen molar-refractivity contribution in [3.63, 3.8) is 0 Å². The number of nitro groups is 1. The molecule has 0 spiro atoms. The van der Waals surface area contributed by atoms with Crippen molar-refractivity contribution < 1.29 is 18.9 Å². The van der Waals surface area contributed by atoms with Gasteiger partial charge in [-0.1, -0.05) is 12.1 Å². The van der Waals surface area contributed by atoms with E-state index in [0.29, 0.717) is 0 Å². The minimum absolute atomic E-state index is 0.0441. The molecule has 1 atom stereocenters. The Hall–Kier alpha value is -3.29. The van der Waals surface area contributed by atoms with E-state index >= 15 is 0 Å². The fraction of sp³-hybridized carbons (Fsp3) is 0.263. The highest BCUT2D eigenvalue weighted by Crippen LogP contribution is 2.30. The Bertz CT molecular complexity index is 945. The third-order valence-electron chi connectivity index (χ3n) is 4.56. The third kappa shape index (κ3) is 3.79. The molecule has 0 aliphatic carbocycles. The number of anilines is 2. The summed E-state index contributed by atoms with van der Waals surface area (Å²) in [5.41, 5.74) is 2.12. The summed E-state index contributed by atoms with van der Waals surface area (Å²) in [7, 11) is 0. The van der Waals surface area contributed by atoms with Gasteiger partial charge in [-0.2, -0.15) is 4.39 Å². The summed E-state index contributed by atoms with van der Waals surface area (Å²) in [5, 5.41) is 13.4. The van der Waals surface area contributed by atoms with Gasteiger partial charge in [0.15, 0.2) is 0 Å². The topological polar surface area (TPSA) is 92.6 Å². The lowest BCUT2D eigenvalue weighted by atomic mass is 10.1. The van der Waals surface area contributed by atoms with Gasteiger partial charge in [0.1, 0.15) is 0 Å². The van der Waals surface area contributed by atoms with Crippen LogP contribution in [0.1, 0.15) is 17.5 Å². The Morgan fingerprint density at radius 2 is 2.00 bits per heavy atom. The maximum absolute atomic E-state index is 13.4. The van der Waals surface area contributed by atoms with Crippen LogP contribution in [0.15, 0.2) is 36.4 Å². The second kappa shape index (κ2) is 7.14. The Balaban J connectivity index is 1.75. The molecule has 0 radical (unpaired) electrons. The van der Waals surface area contributed by atoms with Crippen molar-refractivity contribution in [3.05, 3.63) is 63.5 Å². The molecule has 0 saturated carbocycles. The lowest BCUT2D eigenvalue weighted by Crippen LogP contribution is -2.28. The molecule has 1 fully saturated rings. The average molecular weight is 371 g/mol. The van der Waals surface area contributed by atoms with Crippen LogP contribution in [0.5, 0.6) is 0 Å². The standard InChI is InChI=1S/C19H18FN3O4/c1-11-3-4-12(2)16(7-11)22-10-13(8-18(22)24)19(25)21-14-5-6-15(20)17(9-14)23(26)27/h3-7,9,13H,8,10H2,1-2H3,(H,21,25). The van der Waals surface area contributed by atoms with Gasteiger partial charge in [0.2, 0.25) is 17.6 Å². The molecule has 140 valence electrons. The van der Waals surface area contributed by atoms with E-state index in [1.54, 1.807) is 4.90 Å². The summed E-state index contributed by atoms with van der Waals surface area (Å²) in [4.78, 5) is 36.5. The van der Waals surface area contributed by atoms with Gasteiger partial charge in [0, 0.05) is 30.4 Å². The molecule has 27 heavy (non-hydrogen) atoms. The van der Waals surface area contributed by atoms with E-state index in [1.807, 2.05) is 32.0 Å². The van der Waals surface area contributed by atoms with Crippen molar-refractivity contribution >= 4 is 28.9 Å². The van der Waals surface area contributed by atoms with E-state index in [1.165, 1.54) is 6.07 Å². The van der Waals surface area contributed by atoms with E-state index < -0.39 is 28.3 Å². The van der Waals surface area contributed by atoms with Gasteiger partial charge in [-0.25, -0.2) is 0 Å². The predicted octanol–water partition coefficient (Wildman–Crippen LogP) is 3.34. The molecule has 8 heteroatoms. The fourth-order valence-electron chi connectivity index (χ4n) is 3.10. The van der Waals surface area contributed by atoms with Crippen LogP contribution in [0.4, 0.5) is 21.5 Å². The van der Waals surface area contributed by atoms with Crippen LogP contribution in [0, 0.1) is 35.7 Å². The van der Waals surface area contributed by atoms with Gasteiger partial charge < -0.3 is 10.2 Å². The number of halogens is 1. The van der Waals surface area contributed by atoms with E-state index in [0.717, 1.165) is 28.9 Å². The largest absolute Gasteiger partial charge is 0.326 e. The number of amides is 2. The molecule has 1 saturated heterocycles. The predicted molar refractivity (Wildman–Crippen MR) is 98.1 cm³/mol. The summed E-state index contributed by atoms with van der Waals surface area (Å²) in [6, 6.07) is 8.91. The van der Waals surface area contributed by atoms with Gasteiger partial charge in [-0.05, 0) is 43.2 Å². The maximum Gasteiger partial charge on any atom is 0.306 e. The molecule has 2 aromatic carbocycles. The molecule has 7 nitrogen and oxygen atoms in total. The summed E-state index contributed by atoms with van der Waals surface area (Å²) >= 11 is 0. The minimum atomic E-state index is -0.977. The molecule has 2 amide bonds. The van der Waals surface area contributed by atoms with Gasteiger partial charge in [0.05, 0.1) is 10.8 Å². The average Bonchev–Trinajstić information content (AvgIpc) is 3.00. The Morgan fingerprint density at radius 1 is 1.26 bits per heavy atom. The zero-order chi connectivity index (χ0) is 19.7. The second-order valence-electron chi connectivity index (χ2n) is 6.61. The number of carbonyl (C=O) groups is 2. The first-order chi connectivity index (χ1) is 12.8. The van der Waals surface area contributed by atoms with Crippen molar-refractivity contribution in [2.45, 2.75) is 20.3 Å². The zero-order valence-corrected chi connectivity index (χ0v) is 14.9. The van der Waals surface area contributed by atoms with Gasteiger partial charge in [-0.3, -0.25) is 19.7 Å². The molecular formula is C19H18FN3O4. The van der Waals surface area contributed by atoms with E-state index in [4.69, 9.17) is 0 Å². The van der Waals surface area contributed by atoms with Crippen LogP contribution < -0.4 is 10.2 Å². The van der Waals surface area contributed by atoms with E-state index in [-0.39, 0.29) is 24.6 Å². The van der Waals surface area contributed by atoms with Crippen LogP contribution in [0.2, 0.25) is 0 Å². The molecule has 1 heterocycles. The number of hydrogen-bond donors (Lipinski definition) is 1. The van der Waals surface area contributed by atoms with E-state index in [2.05, 4.69) is 5.32 Å². The van der Waals surface area contributed by atoms with Crippen LogP contribution in [-0.2, 0) is 9.59 Å². The number of nitrogens with one attached hydrogen (secondary N) is 1. The molecule has 1 aliphatic rings. The van der Waals surface area contributed by atoms with Gasteiger partial charge in [0.25, 0.3) is 0 Å². The highest BCUT2D eigenvalue weighted by atomic mass is 19.1. The highest BCUT2D eigenvalue weighted by molar-refractivity contribution is 6.04. The molecule has 3 rings (SSSR count). The van der Waals surface area contributed by atoms with Crippen molar-refractivity contribution in [2.75, 3.05) is 16.8 Å². The zero-order valence-electron chi connectivity index (χ0n) is 14.9. The van der Waals surface area contributed by atoms with Crippen LogP contribution in [-0.4, -0.2) is 23.3 Å². The van der Waals surface area contributed by atoms with Gasteiger partial charge in [-0.15, -0.1) is 0 Å². The molecular weight excluding hydrogens is 353 g/mol. The molecule has 1 aliphatic heterocycles. The summed E-state index contributed by atoms with van der Waals surface area (Å²) in [5.74, 6) is -2.16. The van der Waals surface area contributed by atoms with Crippen molar-refractivity contribution in [3.8, 4) is 0 Å². The maximum atomic E-state index is 13.4. The number of rotatable bonds is 4. The summed E-state index contributed by atoms with van der Waals surface area (Å²) < 4.78 is 13.4. The summed E-state index contributed by atoms with van der Waals surface area (Å²) in [6.45, 7) is 4.04. The minimum Gasteiger partial charge on any atom is -0.326 e. The Kier molecular flexibility index (Phi) is 4.89. The van der Waals surface area contributed by atoms with Crippen molar-refractivity contribution in [1.29, 1.82) is 0 Å². The number of nitrogens with zero attached hydrogens (tertiary/aromatic N) is 2. The first-order valence-corrected chi connectivity index (χ1v) is 8.38. The monoisotopic (exact) mass is 371 g/mol. The van der Waals surface area contributed by atoms with Crippen LogP contribution in [0.25, 0.3) is 0 Å². The number of nitro benzene ring substituents is 1. The SMILES string of the molecule is Cc1ccc(C)c(N2CC(C(=O)Nc3ccc(F)c([N+](=O)[O-])c3)CC2=O)c1. The second-order valence-corrected chi connectivity index (χ2v) is 6.61. The lowest BCUT2D eigenvalue weighted by Gasteiger charge is -2.19. The number of aryl methyl sites for hydroxylation is 2. The lowest BCUT2D eigenvalue weighted by molar-refractivity contribution is -0.387. The molecule has 1 unspecified atom stereocenters. The van der Waals surface area contributed by atoms with Crippen LogP contribution >= 0.6 is 0 Å². The quantitative estimate of drug-likeness (QED) is 0.659. The first-order valence-electron chi connectivity index (χ1n) is 8.38. The number of hydrogen-bond acceptors (Lipinski definition) is 4. The fourth-order valence-corrected chi connectivity index (χ4v) is 3.10. The molecule has 0 aromatic heterocycles. The molecule has 0 bridgehead atoms. The molecule has 1 N–H and O–H groups in total. The third-order valence-corrected chi connectivity index (χ3v) is 4.56. The smallest absolute Gasteiger partial charge is 0.306 e. The van der Waals surface area contributed by atoms with E-state index in [9.17, 15) is 24.1 Å². The van der Waals surface area contributed by atoms with Gasteiger partial charge >= 0.3 is 5.69 Å². The summed E-state index contributed by atoms with van der Waals surface area (Å²) in [6.07, 6.45) is 0.0441. The normalized spacial score (nSPS) is 16.5. The number of carbonyl (C=O) groups excluding carboxylic acids is 2. The highest BCUT2D eigenvalue weighted by Gasteiger charge is 2.36. The molecule has 2 aromatic rings. The Morgan fingerprint density at radius 3 is 2.70 bits per heavy atom. The van der Waals surface area contributed by atoms with Crippen molar-refractivity contribution in [2.24, 2.45) is 5.92 Å².